The van der Waals surface area contributed by atoms with Crippen molar-refractivity contribution >= 4 is 23.5 Å². The van der Waals surface area contributed by atoms with Crippen LogP contribution in [0, 0.1) is 5.82 Å². The van der Waals surface area contributed by atoms with Gasteiger partial charge in [0.2, 0.25) is 0 Å². The Kier molecular flexibility index (Phi) is 3.99. The molecule has 2 rings (SSSR count). The molecule has 1 atom stereocenters. The van der Waals surface area contributed by atoms with Gasteiger partial charge in [0.05, 0.1) is 11.8 Å². The van der Waals surface area contributed by atoms with Gasteiger partial charge in [-0.25, -0.2) is 14.2 Å². The number of likely N-dealkylation sites (tertiary alicyclic amines) is 1. The van der Waals surface area contributed by atoms with Crippen LogP contribution in [0.3, 0.4) is 0 Å². The van der Waals surface area contributed by atoms with Crippen LogP contribution in [0.1, 0.15) is 29.6 Å². The molecule has 1 aliphatic heterocycles. The number of halogens is 2. The summed E-state index contributed by atoms with van der Waals surface area (Å²) in [6, 6.07) is 0.0890. The van der Waals surface area contributed by atoms with Crippen molar-refractivity contribution in [3.63, 3.8) is 0 Å². The number of amides is 1. The Bertz CT molecular complexity index is 524. The first-order valence-electron chi connectivity index (χ1n) is 5.85. The first-order chi connectivity index (χ1) is 9.00. The zero-order valence-corrected chi connectivity index (χ0v) is 10.7. The molecular weight excluding hydrogens is 275 g/mol. The fraction of sp³-hybridized carbons (Fsp3) is 0.417. The summed E-state index contributed by atoms with van der Waals surface area (Å²) >= 11 is 5.76. The van der Waals surface area contributed by atoms with Gasteiger partial charge >= 0.3 is 5.97 Å². The highest BCUT2D eigenvalue weighted by molar-refractivity contribution is 6.32. The third kappa shape index (κ3) is 2.84. The molecule has 2 heterocycles. The molecule has 0 saturated carbocycles. The van der Waals surface area contributed by atoms with Gasteiger partial charge in [0, 0.05) is 6.54 Å². The Hall–Kier alpha value is -1.69. The quantitative estimate of drug-likeness (QED) is 0.844. The van der Waals surface area contributed by atoms with Crippen LogP contribution in [0.5, 0.6) is 0 Å². The van der Waals surface area contributed by atoms with E-state index < -0.39 is 23.7 Å². The molecule has 1 N–H and O–H groups in total. The van der Waals surface area contributed by atoms with Crippen LogP contribution in [-0.2, 0) is 4.79 Å². The number of aromatic nitrogens is 1. The molecule has 102 valence electrons. The summed E-state index contributed by atoms with van der Waals surface area (Å²) in [5, 5.41) is 8.99. The molecule has 1 fully saturated rings. The largest absolute Gasteiger partial charge is 0.480 e. The van der Waals surface area contributed by atoms with E-state index in [4.69, 9.17) is 16.7 Å². The number of nitrogens with zero attached hydrogens (tertiary/aromatic N) is 2. The molecule has 5 nitrogen and oxygen atoms in total. The van der Waals surface area contributed by atoms with Crippen LogP contribution in [0.4, 0.5) is 4.39 Å². The minimum atomic E-state index is -1.06. The maximum absolute atomic E-state index is 13.1. The molecule has 0 unspecified atom stereocenters. The van der Waals surface area contributed by atoms with Gasteiger partial charge in [0.25, 0.3) is 5.91 Å². The predicted molar refractivity (Wildman–Crippen MR) is 65.5 cm³/mol. The summed E-state index contributed by atoms with van der Waals surface area (Å²) in [6.07, 6.45) is 2.76. The number of hydrogen-bond donors (Lipinski definition) is 1. The molecule has 0 aromatic carbocycles. The van der Waals surface area contributed by atoms with Crippen molar-refractivity contribution in [2.75, 3.05) is 6.54 Å². The number of carbonyl (C=O) groups excluding carboxylic acids is 1. The summed E-state index contributed by atoms with van der Waals surface area (Å²) < 4.78 is 13.1. The molecule has 1 aliphatic rings. The van der Waals surface area contributed by atoms with E-state index in [1.54, 1.807) is 0 Å². The van der Waals surface area contributed by atoms with Crippen LogP contribution in [0.25, 0.3) is 0 Å². The average molecular weight is 287 g/mol. The van der Waals surface area contributed by atoms with Crippen molar-refractivity contribution in [1.82, 2.24) is 9.88 Å². The fourth-order valence-corrected chi connectivity index (χ4v) is 2.34. The Morgan fingerprint density at radius 2 is 2.21 bits per heavy atom. The molecule has 0 spiro atoms. The molecule has 7 heteroatoms. The standard InChI is InChI=1S/C12H12ClFN2O3/c13-10-8(5-7(14)6-15-10)11(17)16-4-2-1-3-9(16)12(18)19/h5-6,9H,1-4H2,(H,18,19)/t9-/m1/s1. The first-order valence-corrected chi connectivity index (χ1v) is 6.23. The topological polar surface area (TPSA) is 70.5 Å². The second kappa shape index (κ2) is 5.52. The molecule has 0 bridgehead atoms. The normalized spacial score (nSPS) is 19.3. The minimum absolute atomic E-state index is 0.102. The van der Waals surface area contributed by atoms with Crippen molar-refractivity contribution in [1.29, 1.82) is 0 Å². The highest BCUT2D eigenvalue weighted by atomic mass is 35.5. The molecule has 1 aromatic rings. The average Bonchev–Trinajstić information content (AvgIpc) is 2.40. The summed E-state index contributed by atoms with van der Waals surface area (Å²) in [6.45, 7) is 0.322. The summed E-state index contributed by atoms with van der Waals surface area (Å²) in [7, 11) is 0. The maximum atomic E-state index is 13.1. The number of hydrogen-bond acceptors (Lipinski definition) is 3. The number of rotatable bonds is 2. The van der Waals surface area contributed by atoms with Gasteiger partial charge in [0.15, 0.2) is 0 Å². The third-order valence-corrected chi connectivity index (χ3v) is 3.39. The van der Waals surface area contributed by atoms with Crippen molar-refractivity contribution in [2.45, 2.75) is 25.3 Å². The highest BCUT2D eigenvalue weighted by Gasteiger charge is 2.33. The Morgan fingerprint density at radius 1 is 1.47 bits per heavy atom. The zero-order valence-electron chi connectivity index (χ0n) is 9.97. The number of pyridine rings is 1. The van der Waals surface area contributed by atoms with Gasteiger partial charge in [-0.15, -0.1) is 0 Å². The van der Waals surface area contributed by atoms with E-state index in [0.29, 0.717) is 13.0 Å². The van der Waals surface area contributed by atoms with Crippen LogP contribution < -0.4 is 0 Å². The second-order valence-electron chi connectivity index (χ2n) is 4.34. The van der Waals surface area contributed by atoms with Gasteiger partial charge in [0.1, 0.15) is 17.0 Å². The molecule has 19 heavy (non-hydrogen) atoms. The van der Waals surface area contributed by atoms with Gasteiger partial charge in [-0.3, -0.25) is 4.79 Å². The van der Waals surface area contributed by atoms with Gasteiger partial charge in [-0.1, -0.05) is 11.6 Å². The summed E-state index contributed by atoms with van der Waals surface area (Å²) in [5.74, 6) is -2.34. The Labute approximate surface area is 114 Å². The van der Waals surface area contributed by atoms with E-state index in [0.717, 1.165) is 25.1 Å². The lowest BCUT2D eigenvalue weighted by molar-refractivity contribution is -0.143. The van der Waals surface area contributed by atoms with Crippen LogP contribution in [0.15, 0.2) is 12.3 Å². The molecule has 1 aromatic heterocycles. The van der Waals surface area contributed by atoms with Crippen molar-refractivity contribution < 1.29 is 19.1 Å². The number of aliphatic carboxylic acids is 1. The summed E-state index contributed by atoms with van der Waals surface area (Å²) in [4.78, 5) is 28.2. The monoisotopic (exact) mass is 286 g/mol. The Balaban J connectivity index is 2.31. The van der Waals surface area contributed by atoms with E-state index >= 15 is 0 Å². The second-order valence-corrected chi connectivity index (χ2v) is 4.70. The van der Waals surface area contributed by atoms with E-state index in [1.807, 2.05) is 0 Å². The molecule has 1 amide bonds. The van der Waals surface area contributed by atoms with Crippen molar-refractivity contribution in [2.24, 2.45) is 0 Å². The van der Waals surface area contributed by atoms with Crippen LogP contribution in [-0.4, -0.2) is 39.5 Å². The lowest BCUT2D eigenvalue weighted by Gasteiger charge is -2.33. The van der Waals surface area contributed by atoms with Gasteiger partial charge < -0.3 is 10.0 Å². The van der Waals surface area contributed by atoms with Crippen molar-refractivity contribution in [3.05, 3.63) is 28.8 Å². The highest BCUT2D eigenvalue weighted by Crippen LogP contribution is 2.23. The van der Waals surface area contributed by atoms with Gasteiger partial charge in [-0.05, 0) is 25.3 Å². The van der Waals surface area contributed by atoms with Crippen LogP contribution in [0.2, 0.25) is 5.15 Å². The predicted octanol–water partition coefficient (Wildman–Crippen LogP) is 1.95. The maximum Gasteiger partial charge on any atom is 0.326 e. The lowest BCUT2D eigenvalue weighted by Crippen LogP contribution is -2.48. The molecule has 0 radical (unpaired) electrons. The smallest absolute Gasteiger partial charge is 0.326 e. The number of piperidine rings is 1. The molecular formula is C12H12ClFN2O3. The Morgan fingerprint density at radius 3 is 2.89 bits per heavy atom. The van der Waals surface area contributed by atoms with Crippen molar-refractivity contribution in [3.8, 4) is 0 Å². The van der Waals surface area contributed by atoms with E-state index in [1.165, 1.54) is 4.90 Å². The summed E-state index contributed by atoms with van der Waals surface area (Å²) in [5.41, 5.74) is -0.102. The van der Waals surface area contributed by atoms with E-state index in [-0.39, 0.29) is 10.7 Å². The number of carboxylic acids is 1. The van der Waals surface area contributed by atoms with Gasteiger partial charge in [-0.2, -0.15) is 0 Å². The zero-order chi connectivity index (χ0) is 14.0. The minimum Gasteiger partial charge on any atom is -0.480 e. The lowest BCUT2D eigenvalue weighted by atomic mass is 10.0. The third-order valence-electron chi connectivity index (χ3n) is 3.08. The fourth-order valence-electron chi connectivity index (χ4n) is 2.16. The molecule has 0 aliphatic carbocycles. The van der Waals surface area contributed by atoms with Crippen LogP contribution >= 0.6 is 11.6 Å². The number of carboxylic acid groups (broad SMARTS) is 1. The van der Waals surface area contributed by atoms with E-state index in [9.17, 15) is 14.0 Å². The first kappa shape index (κ1) is 13.7. The SMILES string of the molecule is O=C(O)[C@H]1CCCCN1C(=O)c1cc(F)cnc1Cl. The number of carbonyl (C=O) groups is 2. The molecule has 1 saturated heterocycles. The van der Waals surface area contributed by atoms with E-state index in [2.05, 4.69) is 4.98 Å².